The molecule has 1 rings (SSSR count). The van der Waals surface area contributed by atoms with E-state index in [1.54, 1.807) is 0 Å². The minimum atomic E-state index is -0.0210. The summed E-state index contributed by atoms with van der Waals surface area (Å²) in [7, 11) is 0. The van der Waals surface area contributed by atoms with Crippen molar-refractivity contribution < 1.29 is 4.79 Å². The SMILES string of the molecule is CCCCCC(C)(C)CNC(=O)c1c(C)n[nH]c1C. The van der Waals surface area contributed by atoms with E-state index in [0.717, 1.165) is 17.8 Å². The molecule has 0 saturated heterocycles. The van der Waals surface area contributed by atoms with Crippen molar-refractivity contribution in [3.63, 3.8) is 0 Å². The summed E-state index contributed by atoms with van der Waals surface area (Å²) in [4.78, 5) is 12.2. The normalized spacial score (nSPS) is 11.6. The van der Waals surface area contributed by atoms with Crippen molar-refractivity contribution in [2.75, 3.05) is 6.54 Å². The molecule has 4 heteroatoms. The molecule has 0 spiro atoms. The second-order valence-corrected chi connectivity index (χ2v) is 6.11. The first kappa shape index (κ1) is 15.7. The third-order valence-electron chi connectivity index (χ3n) is 3.54. The maximum Gasteiger partial charge on any atom is 0.255 e. The standard InChI is InChI=1S/C15H27N3O/c1-6-7-8-9-15(4,5)10-16-14(19)13-11(2)17-18-12(13)3/h6-10H2,1-5H3,(H,16,19)(H,17,18). The predicted octanol–water partition coefficient (Wildman–Crippen LogP) is 3.36. The molecule has 0 aromatic carbocycles. The van der Waals surface area contributed by atoms with E-state index in [-0.39, 0.29) is 11.3 Å². The lowest BCUT2D eigenvalue weighted by Gasteiger charge is -2.25. The van der Waals surface area contributed by atoms with Gasteiger partial charge >= 0.3 is 0 Å². The molecule has 4 nitrogen and oxygen atoms in total. The molecule has 0 aliphatic heterocycles. The number of aryl methyl sites for hydroxylation is 2. The molecule has 2 N–H and O–H groups in total. The molecule has 1 heterocycles. The number of amides is 1. The van der Waals surface area contributed by atoms with E-state index in [2.05, 4.69) is 36.3 Å². The van der Waals surface area contributed by atoms with Crippen LogP contribution in [0.15, 0.2) is 0 Å². The van der Waals surface area contributed by atoms with Crippen LogP contribution in [-0.4, -0.2) is 22.6 Å². The Kier molecular flexibility index (Phi) is 5.58. The van der Waals surface area contributed by atoms with E-state index in [0.29, 0.717) is 12.1 Å². The fourth-order valence-corrected chi connectivity index (χ4v) is 2.24. The van der Waals surface area contributed by atoms with Gasteiger partial charge < -0.3 is 5.32 Å². The Morgan fingerprint density at radius 1 is 1.32 bits per heavy atom. The molecule has 1 amide bonds. The number of hydrogen-bond donors (Lipinski definition) is 2. The largest absolute Gasteiger partial charge is 0.351 e. The monoisotopic (exact) mass is 265 g/mol. The van der Waals surface area contributed by atoms with Crippen LogP contribution in [0.3, 0.4) is 0 Å². The zero-order valence-corrected chi connectivity index (χ0v) is 12.9. The lowest BCUT2D eigenvalue weighted by Crippen LogP contribution is -2.34. The van der Waals surface area contributed by atoms with Crippen LogP contribution in [0.25, 0.3) is 0 Å². The van der Waals surface area contributed by atoms with Gasteiger partial charge in [0.15, 0.2) is 0 Å². The van der Waals surface area contributed by atoms with Crippen molar-refractivity contribution in [2.24, 2.45) is 5.41 Å². The van der Waals surface area contributed by atoms with Gasteiger partial charge in [-0.1, -0.05) is 40.0 Å². The Bertz CT molecular complexity index is 402. The molecule has 0 aliphatic rings. The average molecular weight is 265 g/mol. The van der Waals surface area contributed by atoms with Gasteiger partial charge in [0.05, 0.1) is 11.3 Å². The van der Waals surface area contributed by atoms with Crippen LogP contribution in [0.5, 0.6) is 0 Å². The third kappa shape index (κ3) is 4.69. The molecule has 1 aromatic heterocycles. The van der Waals surface area contributed by atoms with Crippen molar-refractivity contribution in [2.45, 2.75) is 60.3 Å². The first-order valence-corrected chi connectivity index (χ1v) is 7.17. The van der Waals surface area contributed by atoms with Crippen LogP contribution in [0.4, 0.5) is 0 Å². The third-order valence-corrected chi connectivity index (χ3v) is 3.54. The highest BCUT2D eigenvalue weighted by Crippen LogP contribution is 2.23. The second-order valence-electron chi connectivity index (χ2n) is 6.11. The van der Waals surface area contributed by atoms with Crippen LogP contribution in [0, 0.1) is 19.3 Å². The minimum absolute atomic E-state index is 0.0210. The molecule has 0 fully saturated rings. The fourth-order valence-electron chi connectivity index (χ4n) is 2.24. The van der Waals surface area contributed by atoms with Gasteiger partial charge in [0.2, 0.25) is 0 Å². The van der Waals surface area contributed by atoms with Gasteiger partial charge in [-0.05, 0) is 25.7 Å². The van der Waals surface area contributed by atoms with Gasteiger partial charge in [-0.3, -0.25) is 9.89 Å². The fraction of sp³-hybridized carbons (Fsp3) is 0.733. The summed E-state index contributed by atoms with van der Waals surface area (Å²) in [6.07, 6.45) is 4.86. The minimum Gasteiger partial charge on any atom is -0.351 e. The number of unbranched alkanes of at least 4 members (excludes halogenated alkanes) is 2. The molecule has 19 heavy (non-hydrogen) atoms. The number of rotatable bonds is 7. The Balaban J connectivity index is 2.50. The first-order chi connectivity index (χ1) is 8.87. The van der Waals surface area contributed by atoms with Crippen molar-refractivity contribution in [3.8, 4) is 0 Å². The highest BCUT2D eigenvalue weighted by Gasteiger charge is 2.21. The maximum atomic E-state index is 12.2. The highest BCUT2D eigenvalue weighted by atomic mass is 16.1. The number of nitrogens with zero attached hydrogens (tertiary/aromatic N) is 1. The summed E-state index contributed by atoms with van der Waals surface area (Å²) < 4.78 is 0. The summed E-state index contributed by atoms with van der Waals surface area (Å²) in [5.41, 5.74) is 2.43. The van der Waals surface area contributed by atoms with Crippen LogP contribution in [0.2, 0.25) is 0 Å². The van der Waals surface area contributed by atoms with E-state index in [1.165, 1.54) is 19.3 Å². The molecule has 0 bridgehead atoms. The van der Waals surface area contributed by atoms with Crippen LogP contribution in [0.1, 0.15) is 68.2 Å². The summed E-state index contributed by atoms with van der Waals surface area (Å²) in [6, 6.07) is 0. The number of carbonyl (C=O) groups is 1. The number of H-pyrrole nitrogens is 1. The van der Waals surface area contributed by atoms with Gasteiger partial charge in [0.25, 0.3) is 5.91 Å². The Labute approximate surface area is 116 Å². The van der Waals surface area contributed by atoms with Crippen LogP contribution >= 0.6 is 0 Å². The number of nitrogens with one attached hydrogen (secondary N) is 2. The molecule has 0 unspecified atom stereocenters. The lowest BCUT2D eigenvalue weighted by molar-refractivity contribution is 0.0933. The van der Waals surface area contributed by atoms with Crippen molar-refractivity contribution in [1.29, 1.82) is 0 Å². The number of hydrogen-bond acceptors (Lipinski definition) is 2. The molecule has 0 atom stereocenters. The highest BCUT2D eigenvalue weighted by molar-refractivity contribution is 5.96. The van der Waals surface area contributed by atoms with E-state index < -0.39 is 0 Å². The summed E-state index contributed by atoms with van der Waals surface area (Å²) >= 11 is 0. The van der Waals surface area contributed by atoms with Crippen molar-refractivity contribution >= 4 is 5.91 Å². The predicted molar refractivity (Wildman–Crippen MR) is 78.3 cm³/mol. The Hall–Kier alpha value is -1.32. The van der Waals surface area contributed by atoms with Gasteiger partial charge in [-0.2, -0.15) is 5.10 Å². The zero-order valence-electron chi connectivity index (χ0n) is 12.9. The topological polar surface area (TPSA) is 57.8 Å². The average Bonchev–Trinajstić information content (AvgIpc) is 2.66. The Morgan fingerprint density at radius 3 is 2.53 bits per heavy atom. The number of aromatic amines is 1. The van der Waals surface area contributed by atoms with E-state index in [9.17, 15) is 4.79 Å². The molecule has 0 saturated carbocycles. The summed E-state index contributed by atoms with van der Waals surface area (Å²) in [5, 5.41) is 9.94. The van der Waals surface area contributed by atoms with E-state index >= 15 is 0 Å². The molecular weight excluding hydrogens is 238 g/mol. The molecular formula is C15H27N3O. The molecule has 108 valence electrons. The van der Waals surface area contributed by atoms with Gasteiger partial charge in [0.1, 0.15) is 0 Å². The zero-order chi connectivity index (χ0) is 14.5. The van der Waals surface area contributed by atoms with E-state index in [4.69, 9.17) is 0 Å². The number of carbonyl (C=O) groups excluding carboxylic acids is 1. The number of aromatic nitrogens is 2. The van der Waals surface area contributed by atoms with Crippen LogP contribution < -0.4 is 5.32 Å². The molecule has 0 aliphatic carbocycles. The maximum absolute atomic E-state index is 12.2. The second kappa shape index (κ2) is 6.73. The Morgan fingerprint density at radius 2 is 2.00 bits per heavy atom. The van der Waals surface area contributed by atoms with Gasteiger partial charge in [-0.15, -0.1) is 0 Å². The summed E-state index contributed by atoms with van der Waals surface area (Å²) in [6.45, 7) is 11.1. The molecule has 0 radical (unpaired) electrons. The smallest absolute Gasteiger partial charge is 0.255 e. The van der Waals surface area contributed by atoms with Gasteiger partial charge in [-0.25, -0.2) is 0 Å². The van der Waals surface area contributed by atoms with Crippen LogP contribution in [-0.2, 0) is 0 Å². The van der Waals surface area contributed by atoms with Crippen molar-refractivity contribution in [3.05, 3.63) is 17.0 Å². The van der Waals surface area contributed by atoms with Gasteiger partial charge in [0, 0.05) is 12.2 Å². The quantitative estimate of drug-likeness (QED) is 0.743. The van der Waals surface area contributed by atoms with E-state index in [1.807, 2.05) is 13.8 Å². The first-order valence-electron chi connectivity index (χ1n) is 7.17. The molecule has 1 aromatic rings. The van der Waals surface area contributed by atoms with Crippen molar-refractivity contribution in [1.82, 2.24) is 15.5 Å². The summed E-state index contributed by atoms with van der Waals surface area (Å²) in [5.74, 6) is -0.0210. The lowest BCUT2D eigenvalue weighted by atomic mass is 9.87.